The van der Waals surface area contributed by atoms with Crippen molar-refractivity contribution in [2.24, 2.45) is 0 Å². The average molecular weight is 173 g/mol. The first-order chi connectivity index (χ1) is 5.74. The number of hydrogen-bond acceptors (Lipinski definition) is 4. The zero-order valence-electron chi connectivity index (χ0n) is 7.25. The Balaban J connectivity index is 2.26. The van der Waals surface area contributed by atoms with Gasteiger partial charge in [0.15, 0.2) is 0 Å². The van der Waals surface area contributed by atoms with Crippen molar-refractivity contribution in [1.29, 1.82) is 0 Å². The first kappa shape index (κ1) is 9.48. The predicted octanol–water partition coefficient (Wildman–Crippen LogP) is -0.338. The number of hydrogen-bond donors (Lipinski definition) is 2. The zero-order valence-corrected chi connectivity index (χ0v) is 7.25. The minimum Gasteiger partial charge on any atom is -0.469 e. The summed E-state index contributed by atoms with van der Waals surface area (Å²) in [5.41, 5.74) is 0. The molecule has 1 aliphatic rings. The summed E-state index contributed by atoms with van der Waals surface area (Å²) in [6, 6.07) is 0.0732. The number of aliphatic hydroxyl groups is 1. The largest absolute Gasteiger partial charge is 0.469 e. The third-order valence-electron chi connectivity index (χ3n) is 2.17. The Kier molecular flexibility index (Phi) is 3.49. The maximum atomic E-state index is 10.8. The van der Waals surface area contributed by atoms with E-state index in [-0.39, 0.29) is 18.4 Å². The highest BCUT2D eigenvalue weighted by molar-refractivity contribution is 5.69. The van der Waals surface area contributed by atoms with E-state index in [0.717, 1.165) is 19.4 Å². The van der Waals surface area contributed by atoms with Gasteiger partial charge in [0.2, 0.25) is 0 Å². The van der Waals surface area contributed by atoms with Gasteiger partial charge in [-0.2, -0.15) is 0 Å². The molecule has 2 N–H and O–H groups in total. The maximum absolute atomic E-state index is 10.8. The summed E-state index contributed by atoms with van der Waals surface area (Å²) in [6.45, 7) is 0.933. The summed E-state index contributed by atoms with van der Waals surface area (Å²) in [5.74, 6) is -0.351. The van der Waals surface area contributed by atoms with Gasteiger partial charge >= 0.3 is 5.97 Å². The summed E-state index contributed by atoms with van der Waals surface area (Å²) < 4.78 is 4.45. The summed E-state index contributed by atoms with van der Waals surface area (Å²) >= 11 is 0. The number of carbonyl (C=O) groups is 1. The second kappa shape index (κ2) is 4.42. The molecule has 0 aromatic rings. The van der Waals surface area contributed by atoms with Crippen molar-refractivity contribution in [2.45, 2.75) is 31.4 Å². The van der Waals surface area contributed by atoms with Gasteiger partial charge in [0.05, 0.1) is 19.6 Å². The van der Waals surface area contributed by atoms with Crippen LogP contribution in [0.1, 0.15) is 19.3 Å². The fourth-order valence-corrected chi connectivity index (χ4v) is 1.44. The number of esters is 1. The van der Waals surface area contributed by atoms with Gasteiger partial charge in [0, 0.05) is 6.04 Å². The van der Waals surface area contributed by atoms with Crippen LogP contribution >= 0.6 is 0 Å². The molecule has 12 heavy (non-hydrogen) atoms. The van der Waals surface area contributed by atoms with E-state index in [2.05, 4.69) is 10.1 Å². The number of methoxy groups -OCH3 is 1. The number of aliphatic hydroxyl groups excluding tert-OH is 1. The van der Waals surface area contributed by atoms with Gasteiger partial charge in [-0.15, -0.1) is 0 Å². The summed E-state index contributed by atoms with van der Waals surface area (Å²) in [6.07, 6.45) is 1.51. The molecule has 0 bridgehead atoms. The Hall–Kier alpha value is -0.610. The lowest BCUT2D eigenvalue weighted by atomic mass is 10.1. The lowest BCUT2D eigenvalue weighted by Gasteiger charge is -2.16. The lowest BCUT2D eigenvalue weighted by molar-refractivity contribution is -0.143. The van der Waals surface area contributed by atoms with E-state index in [1.54, 1.807) is 0 Å². The van der Waals surface area contributed by atoms with Crippen molar-refractivity contribution in [1.82, 2.24) is 5.32 Å². The van der Waals surface area contributed by atoms with Crippen LogP contribution in [0.2, 0.25) is 0 Å². The average Bonchev–Trinajstić information content (AvgIpc) is 2.56. The fourth-order valence-electron chi connectivity index (χ4n) is 1.44. The van der Waals surface area contributed by atoms with Gasteiger partial charge in [0.25, 0.3) is 0 Å². The number of ether oxygens (including phenoxy) is 1. The van der Waals surface area contributed by atoms with Gasteiger partial charge in [-0.1, -0.05) is 0 Å². The van der Waals surface area contributed by atoms with Crippen molar-refractivity contribution in [3.8, 4) is 0 Å². The van der Waals surface area contributed by atoms with E-state index in [1.165, 1.54) is 7.11 Å². The fraction of sp³-hybridized carbons (Fsp3) is 0.875. The van der Waals surface area contributed by atoms with Crippen LogP contribution in [0.3, 0.4) is 0 Å². The Labute approximate surface area is 71.9 Å². The van der Waals surface area contributed by atoms with Crippen LogP contribution in [0.5, 0.6) is 0 Å². The first-order valence-corrected chi connectivity index (χ1v) is 4.22. The monoisotopic (exact) mass is 173 g/mol. The molecule has 70 valence electrons. The van der Waals surface area contributed by atoms with Crippen LogP contribution in [0.25, 0.3) is 0 Å². The van der Waals surface area contributed by atoms with Gasteiger partial charge in [-0.3, -0.25) is 4.79 Å². The Morgan fingerprint density at radius 1 is 1.83 bits per heavy atom. The SMILES string of the molecule is COC(=O)CC(O)C1CCCN1. The third kappa shape index (κ3) is 2.46. The van der Waals surface area contributed by atoms with Crippen LogP contribution in [0, 0.1) is 0 Å². The molecule has 1 rings (SSSR count). The molecule has 0 amide bonds. The number of nitrogens with one attached hydrogen (secondary N) is 1. The van der Waals surface area contributed by atoms with E-state index in [9.17, 15) is 9.90 Å². The molecular weight excluding hydrogens is 158 g/mol. The molecule has 1 aliphatic heterocycles. The molecule has 4 nitrogen and oxygen atoms in total. The van der Waals surface area contributed by atoms with Crippen LogP contribution in [0.15, 0.2) is 0 Å². The van der Waals surface area contributed by atoms with Crippen molar-refractivity contribution in [3.05, 3.63) is 0 Å². The van der Waals surface area contributed by atoms with E-state index in [4.69, 9.17) is 0 Å². The maximum Gasteiger partial charge on any atom is 0.308 e. The molecule has 2 unspecified atom stereocenters. The summed E-state index contributed by atoms with van der Waals surface area (Å²) in [7, 11) is 1.33. The van der Waals surface area contributed by atoms with Gasteiger partial charge in [-0.25, -0.2) is 0 Å². The Bertz CT molecular complexity index is 154. The molecule has 0 radical (unpaired) electrons. The Morgan fingerprint density at radius 3 is 3.08 bits per heavy atom. The molecule has 1 heterocycles. The van der Waals surface area contributed by atoms with E-state index >= 15 is 0 Å². The summed E-state index contributed by atoms with van der Waals surface area (Å²) in [4.78, 5) is 10.8. The van der Waals surface area contributed by atoms with Gasteiger partial charge in [0.1, 0.15) is 0 Å². The highest BCUT2D eigenvalue weighted by Gasteiger charge is 2.24. The molecule has 0 aromatic heterocycles. The van der Waals surface area contributed by atoms with E-state index in [1.807, 2.05) is 0 Å². The quantitative estimate of drug-likeness (QED) is 0.573. The van der Waals surface area contributed by atoms with Crippen LogP contribution < -0.4 is 5.32 Å². The highest BCUT2D eigenvalue weighted by Crippen LogP contribution is 2.11. The van der Waals surface area contributed by atoms with Crippen LogP contribution in [-0.4, -0.2) is 36.9 Å². The molecule has 0 saturated carbocycles. The number of rotatable bonds is 3. The molecular formula is C8H15NO3. The second-order valence-electron chi connectivity index (χ2n) is 3.05. The molecule has 4 heteroatoms. The van der Waals surface area contributed by atoms with Crippen molar-refractivity contribution in [2.75, 3.05) is 13.7 Å². The number of carbonyl (C=O) groups excluding carboxylic acids is 1. The Morgan fingerprint density at radius 2 is 2.58 bits per heavy atom. The van der Waals surface area contributed by atoms with Crippen LogP contribution in [0.4, 0.5) is 0 Å². The van der Waals surface area contributed by atoms with Crippen molar-refractivity contribution >= 4 is 5.97 Å². The third-order valence-corrected chi connectivity index (χ3v) is 2.17. The second-order valence-corrected chi connectivity index (χ2v) is 3.05. The predicted molar refractivity (Wildman–Crippen MR) is 43.7 cm³/mol. The highest BCUT2D eigenvalue weighted by atomic mass is 16.5. The summed E-state index contributed by atoms with van der Waals surface area (Å²) in [5, 5.41) is 12.6. The molecule has 0 spiro atoms. The minimum atomic E-state index is -0.597. The normalized spacial score (nSPS) is 25.3. The zero-order chi connectivity index (χ0) is 8.97. The minimum absolute atomic E-state index is 0.0732. The molecule has 0 aromatic carbocycles. The van der Waals surface area contributed by atoms with Crippen molar-refractivity contribution < 1.29 is 14.6 Å². The first-order valence-electron chi connectivity index (χ1n) is 4.22. The van der Waals surface area contributed by atoms with E-state index < -0.39 is 6.10 Å². The molecule has 1 saturated heterocycles. The lowest BCUT2D eigenvalue weighted by Crippen LogP contribution is -2.36. The van der Waals surface area contributed by atoms with Crippen molar-refractivity contribution in [3.63, 3.8) is 0 Å². The van der Waals surface area contributed by atoms with Gasteiger partial charge in [-0.05, 0) is 19.4 Å². The van der Waals surface area contributed by atoms with Gasteiger partial charge < -0.3 is 15.2 Å². The van der Waals surface area contributed by atoms with Crippen LogP contribution in [-0.2, 0) is 9.53 Å². The smallest absolute Gasteiger partial charge is 0.308 e. The molecule has 1 fully saturated rings. The molecule has 0 aliphatic carbocycles. The standard InChI is InChI=1S/C8H15NO3/c1-12-8(11)5-7(10)6-3-2-4-9-6/h6-7,9-10H,2-5H2,1H3. The molecule has 2 atom stereocenters. The topological polar surface area (TPSA) is 58.6 Å². The van der Waals surface area contributed by atoms with E-state index in [0.29, 0.717) is 0 Å².